The van der Waals surface area contributed by atoms with Crippen molar-refractivity contribution in [2.75, 3.05) is 0 Å². The lowest BCUT2D eigenvalue weighted by Gasteiger charge is -2.33. The van der Waals surface area contributed by atoms with Crippen molar-refractivity contribution in [1.82, 2.24) is 0 Å². The minimum Gasteiger partial charge on any atom is -0.390 e. The maximum Gasteiger partial charge on any atom is 0.0653 e. The van der Waals surface area contributed by atoms with Gasteiger partial charge in [0.15, 0.2) is 0 Å². The first-order valence-electron chi connectivity index (χ1n) is 5.51. The number of hydrogen-bond acceptors (Lipinski definition) is 1. The van der Waals surface area contributed by atoms with E-state index < -0.39 is 0 Å². The van der Waals surface area contributed by atoms with E-state index in [0.29, 0.717) is 5.92 Å². The normalized spacial score (nSPS) is 24.8. The van der Waals surface area contributed by atoms with Crippen LogP contribution in [0.1, 0.15) is 52.4 Å². The van der Waals surface area contributed by atoms with E-state index in [2.05, 4.69) is 19.1 Å². The van der Waals surface area contributed by atoms with E-state index in [-0.39, 0.29) is 5.60 Å². The molecule has 0 amide bonds. The third-order valence-electron chi connectivity index (χ3n) is 3.01. The fourth-order valence-corrected chi connectivity index (χ4v) is 2.41. The molecule has 0 heterocycles. The van der Waals surface area contributed by atoms with Gasteiger partial charge < -0.3 is 5.11 Å². The van der Waals surface area contributed by atoms with Gasteiger partial charge in [-0.1, -0.05) is 38.3 Å². The molecule has 1 fully saturated rings. The van der Waals surface area contributed by atoms with Crippen LogP contribution in [0, 0.1) is 5.92 Å². The summed E-state index contributed by atoms with van der Waals surface area (Å²) in [7, 11) is 0. The van der Waals surface area contributed by atoms with Gasteiger partial charge in [-0.3, -0.25) is 0 Å². The second-order valence-electron chi connectivity index (χ2n) is 4.49. The highest BCUT2D eigenvalue weighted by Gasteiger charge is 2.29. The van der Waals surface area contributed by atoms with Crippen LogP contribution in [0.15, 0.2) is 12.2 Å². The molecule has 13 heavy (non-hydrogen) atoms. The van der Waals surface area contributed by atoms with Crippen molar-refractivity contribution in [3.05, 3.63) is 12.2 Å². The highest BCUT2D eigenvalue weighted by molar-refractivity contribution is 4.91. The lowest BCUT2D eigenvalue weighted by Crippen LogP contribution is -2.32. The lowest BCUT2D eigenvalue weighted by atomic mass is 9.79. The molecule has 0 aromatic carbocycles. The van der Waals surface area contributed by atoms with Gasteiger partial charge in [0.2, 0.25) is 0 Å². The molecule has 0 spiro atoms. The third kappa shape index (κ3) is 3.51. The molecule has 1 aliphatic carbocycles. The van der Waals surface area contributed by atoms with Crippen molar-refractivity contribution in [2.24, 2.45) is 5.92 Å². The van der Waals surface area contributed by atoms with Crippen LogP contribution in [0.4, 0.5) is 0 Å². The summed E-state index contributed by atoms with van der Waals surface area (Å²) in [5.74, 6) is 0.521. The quantitative estimate of drug-likeness (QED) is 0.664. The van der Waals surface area contributed by atoms with Gasteiger partial charge in [0, 0.05) is 0 Å². The van der Waals surface area contributed by atoms with Crippen LogP contribution in [0.25, 0.3) is 0 Å². The van der Waals surface area contributed by atoms with Crippen LogP contribution >= 0.6 is 0 Å². The van der Waals surface area contributed by atoms with Gasteiger partial charge in [0.05, 0.1) is 5.60 Å². The smallest absolute Gasteiger partial charge is 0.0653 e. The number of allylic oxidation sites excluding steroid dienone is 2. The van der Waals surface area contributed by atoms with E-state index in [1.165, 1.54) is 19.3 Å². The summed E-state index contributed by atoms with van der Waals surface area (Å²) in [6, 6.07) is 0. The third-order valence-corrected chi connectivity index (χ3v) is 3.01. The summed E-state index contributed by atoms with van der Waals surface area (Å²) in [5, 5.41) is 10.2. The van der Waals surface area contributed by atoms with E-state index in [1.807, 2.05) is 6.92 Å². The Morgan fingerprint density at radius 1 is 1.31 bits per heavy atom. The Labute approximate surface area is 81.9 Å². The van der Waals surface area contributed by atoms with Gasteiger partial charge in [-0.15, -0.1) is 0 Å². The summed E-state index contributed by atoms with van der Waals surface area (Å²) < 4.78 is 0. The van der Waals surface area contributed by atoms with Gasteiger partial charge in [0.1, 0.15) is 0 Å². The predicted molar refractivity (Wildman–Crippen MR) is 56.6 cm³/mol. The topological polar surface area (TPSA) is 20.2 Å². The Kier molecular flexibility index (Phi) is 3.98. The van der Waals surface area contributed by atoms with Crippen LogP contribution in [-0.2, 0) is 0 Å². The Morgan fingerprint density at radius 2 is 1.92 bits per heavy atom. The molecule has 1 aliphatic rings. The zero-order chi connectivity index (χ0) is 9.73. The van der Waals surface area contributed by atoms with E-state index in [9.17, 15) is 5.11 Å². The molecule has 1 nitrogen and oxygen atoms in total. The van der Waals surface area contributed by atoms with Crippen molar-refractivity contribution in [3.63, 3.8) is 0 Å². The lowest BCUT2D eigenvalue weighted by molar-refractivity contribution is -0.0113. The monoisotopic (exact) mass is 182 g/mol. The van der Waals surface area contributed by atoms with Gasteiger partial charge in [-0.2, -0.15) is 0 Å². The Bertz CT molecular complexity index is 166. The molecule has 0 saturated heterocycles. The van der Waals surface area contributed by atoms with E-state index >= 15 is 0 Å². The average Bonchev–Trinajstić information content (AvgIpc) is 2.04. The Morgan fingerprint density at radius 3 is 2.46 bits per heavy atom. The molecule has 1 atom stereocenters. The first-order chi connectivity index (χ1) is 6.16. The molecule has 1 N–H and O–H groups in total. The summed E-state index contributed by atoms with van der Waals surface area (Å²) in [6.45, 7) is 4.23. The van der Waals surface area contributed by atoms with Gasteiger partial charge >= 0.3 is 0 Å². The van der Waals surface area contributed by atoms with Crippen LogP contribution in [0.3, 0.4) is 0 Å². The van der Waals surface area contributed by atoms with Crippen molar-refractivity contribution < 1.29 is 5.11 Å². The summed E-state index contributed by atoms with van der Waals surface area (Å²) in [6.07, 6.45) is 10.9. The van der Waals surface area contributed by atoms with E-state index in [1.54, 1.807) is 0 Å². The zero-order valence-corrected chi connectivity index (χ0v) is 8.92. The number of hydrogen-bond donors (Lipinski definition) is 1. The Balaban J connectivity index is 2.40. The van der Waals surface area contributed by atoms with Gasteiger partial charge in [0.25, 0.3) is 0 Å². The largest absolute Gasteiger partial charge is 0.390 e. The fourth-order valence-electron chi connectivity index (χ4n) is 2.41. The molecule has 76 valence electrons. The highest BCUT2D eigenvalue weighted by Crippen LogP contribution is 2.33. The summed E-state index contributed by atoms with van der Waals surface area (Å²) in [4.78, 5) is 0. The molecule has 1 unspecified atom stereocenters. The molecule has 0 bridgehead atoms. The first-order valence-corrected chi connectivity index (χ1v) is 5.51. The van der Waals surface area contributed by atoms with Gasteiger partial charge in [-0.05, 0) is 32.1 Å². The molecular formula is C12H22O. The molecule has 0 aliphatic heterocycles. The fraction of sp³-hybridized carbons (Fsp3) is 0.833. The molecule has 0 radical (unpaired) electrons. The highest BCUT2D eigenvalue weighted by atomic mass is 16.3. The van der Waals surface area contributed by atoms with Crippen LogP contribution < -0.4 is 0 Å². The minimum absolute atomic E-state index is 0.350. The maximum atomic E-state index is 10.2. The van der Waals surface area contributed by atoms with Crippen molar-refractivity contribution in [3.8, 4) is 0 Å². The Hall–Kier alpha value is -0.300. The minimum atomic E-state index is -0.350. The van der Waals surface area contributed by atoms with Crippen LogP contribution in [0.2, 0.25) is 0 Å². The van der Waals surface area contributed by atoms with Crippen LogP contribution in [0.5, 0.6) is 0 Å². The van der Waals surface area contributed by atoms with Crippen molar-refractivity contribution in [2.45, 2.75) is 58.0 Å². The molecule has 1 saturated carbocycles. The number of aliphatic hydroxyl groups is 1. The van der Waals surface area contributed by atoms with Crippen molar-refractivity contribution >= 4 is 0 Å². The van der Waals surface area contributed by atoms with Gasteiger partial charge in [-0.25, -0.2) is 0 Å². The molecule has 0 aromatic heterocycles. The number of rotatable bonds is 3. The zero-order valence-electron chi connectivity index (χ0n) is 8.92. The average molecular weight is 182 g/mol. The van der Waals surface area contributed by atoms with Crippen LogP contribution in [-0.4, -0.2) is 10.7 Å². The SMILES string of the molecule is CC=CC(C)CC1(O)CCCCC1. The summed E-state index contributed by atoms with van der Waals surface area (Å²) >= 11 is 0. The molecule has 1 rings (SSSR count). The van der Waals surface area contributed by atoms with E-state index in [0.717, 1.165) is 19.3 Å². The standard InChI is InChI=1S/C12H22O/c1-3-7-11(2)10-12(13)8-5-4-6-9-12/h3,7,11,13H,4-6,8-10H2,1-2H3. The predicted octanol–water partition coefficient (Wildman–Crippen LogP) is 3.28. The molecule has 1 heteroatoms. The van der Waals surface area contributed by atoms with E-state index in [4.69, 9.17) is 0 Å². The second kappa shape index (κ2) is 4.80. The molecular weight excluding hydrogens is 160 g/mol. The first kappa shape index (κ1) is 10.8. The van der Waals surface area contributed by atoms with Crippen molar-refractivity contribution in [1.29, 1.82) is 0 Å². The second-order valence-corrected chi connectivity index (χ2v) is 4.49. The molecule has 0 aromatic rings. The summed E-state index contributed by atoms with van der Waals surface area (Å²) in [5.41, 5.74) is -0.350. The maximum absolute atomic E-state index is 10.2.